The van der Waals surface area contributed by atoms with Gasteiger partial charge < -0.3 is 8.80 Å². The standard InChI is InChI=1S/C58H56N4/c1-28-13-29(2)47(30(3)14-28)34-20-39-37-24-44-38(25-43(37)62-46-27-60-55-51(50(46)41(21-34)53(39)62)57(7)9-11-58(55,8)12-10-57)40-22-36(56(4,5)6)23-42-49-45(61(44)54(40)42)26-59-52-35-18-31-15-32(19-35)17-33(16-31)48(49)52/h13-14,20-27,31-33,35H,9-12,15-19H2,1-8H3. The Morgan fingerprint density at radius 1 is 0.565 bits per heavy atom. The van der Waals surface area contributed by atoms with E-state index in [-0.39, 0.29) is 16.2 Å². The lowest BCUT2D eigenvalue weighted by Gasteiger charge is -2.51. The summed E-state index contributed by atoms with van der Waals surface area (Å²) in [5.41, 5.74) is 22.4. The van der Waals surface area contributed by atoms with E-state index in [9.17, 15) is 0 Å². The molecule has 4 nitrogen and oxygen atoms in total. The third kappa shape index (κ3) is 4.09. The molecule has 0 radical (unpaired) electrons. The summed E-state index contributed by atoms with van der Waals surface area (Å²) in [6, 6.07) is 20.2. The number of benzene rings is 4. The second-order valence-electron chi connectivity index (χ2n) is 23.4. The Labute approximate surface area is 363 Å². The van der Waals surface area contributed by atoms with Crippen LogP contribution in [0.25, 0.3) is 87.3 Å². The molecule has 3 saturated carbocycles. The van der Waals surface area contributed by atoms with E-state index < -0.39 is 0 Å². The molecular formula is C58H56N4. The zero-order chi connectivity index (χ0) is 41.7. The number of pyridine rings is 2. The maximum absolute atomic E-state index is 5.54. The second-order valence-corrected chi connectivity index (χ2v) is 23.4. The van der Waals surface area contributed by atoms with Gasteiger partial charge in [0.25, 0.3) is 0 Å². The van der Waals surface area contributed by atoms with Crippen LogP contribution in [0.5, 0.6) is 0 Å². The lowest BCUT2D eigenvalue weighted by molar-refractivity contribution is 0.165. The molecule has 0 spiro atoms. The molecule has 6 aromatic heterocycles. The molecule has 308 valence electrons. The van der Waals surface area contributed by atoms with Crippen LogP contribution in [0.15, 0.2) is 60.9 Å². The van der Waals surface area contributed by atoms with Gasteiger partial charge in [-0.05, 0) is 182 Å². The zero-order valence-corrected chi connectivity index (χ0v) is 37.7. The van der Waals surface area contributed by atoms with Crippen molar-refractivity contribution in [1.29, 1.82) is 0 Å². The number of aromatic nitrogens is 4. The van der Waals surface area contributed by atoms with Crippen molar-refractivity contribution in [1.82, 2.24) is 18.8 Å². The quantitative estimate of drug-likeness (QED) is 0.166. The molecule has 0 aliphatic heterocycles. The second kappa shape index (κ2) is 10.9. The molecule has 10 aromatic rings. The summed E-state index contributed by atoms with van der Waals surface area (Å²) in [5.74, 6) is 2.97. The van der Waals surface area contributed by atoms with E-state index in [4.69, 9.17) is 9.97 Å². The van der Waals surface area contributed by atoms with Crippen molar-refractivity contribution in [2.75, 3.05) is 0 Å². The molecular weight excluding hydrogens is 753 g/mol. The normalized spacial score (nSPS) is 26.9. The molecule has 6 bridgehead atoms. The average Bonchev–Trinajstić information content (AvgIpc) is 3.91. The minimum Gasteiger partial charge on any atom is -0.306 e. The summed E-state index contributed by atoms with van der Waals surface area (Å²) in [5, 5.41) is 11.3. The Morgan fingerprint density at radius 3 is 1.77 bits per heavy atom. The van der Waals surface area contributed by atoms with Crippen molar-refractivity contribution in [3.63, 3.8) is 0 Å². The van der Waals surface area contributed by atoms with Gasteiger partial charge in [0.2, 0.25) is 0 Å². The maximum Gasteiger partial charge on any atom is 0.0728 e. The van der Waals surface area contributed by atoms with Crippen molar-refractivity contribution in [3.8, 4) is 11.1 Å². The fourth-order valence-electron chi connectivity index (χ4n) is 15.7. The molecule has 3 fully saturated rings. The number of nitrogens with zero attached hydrogens (tertiary/aromatic N) is 4. The van der Waals surface area contributed by atoms with Crippen LogP contribution in [0.2, 0.25) is 0 Å². The third-order valence-electron chi connectivity index (χ3n) is 18.4. The first kappa shape index (κ1) is 35.3. The Balaban J connectivity index is 1.12. The highest BCUT2D eigenvalue weighted by atomic mass is 15.0. The fraction of sp³-hybridized carbons (Fsp3) is 0.414. The molecule has 0 amide bonds. The largest absolute Gasteiger partial charge is 0.306 e. The van der Waals surface area contributed by atoms with E-state index in [1.54, 1.807) is 11.1 Å². The SMILES string of the molecule is Cc1cc(C)c(-c2cc3c4cc5c(cc4n4c6cnc7c(c6c(c2)c34)C2(C)CCC7(C)CC2)c2cc(C(C)(C)C)cc3c4c6c(ncc4n5c23)C2CC3CC(C2)CC6C3)c(C)c1. The summed E-state index contributed by atoms with van der Waals surface area (Å²) in [6.45, 7) is 19.1. The molecule has 7 aliphatic carbocycles. The Hall–Kier alpha value is -5.22. The van der Waals surface area contributed by atoms with E-state index in [2.05, 4.69) is 125 Å². The lowest BCUT2D eigenvalue weighted by atomic mass is 9.53. The van der Waals surface area contributed by atoms with Gasteiger partial charge in [0, 0.05) is 60.1 Å². The van der Waals surface area contributed by atoms with E-state index in [0.717, 1.165) is 11.8 Å². The van der Waals surface area contributed by atoms with Gasteiger partial charge in [0.1, 0.15) is 0 Å². The maximum atomic E-state index is 5.54. The van der Waals surface area contributed by atoms with E-state index in [1.807, 2.05) is 0 Å². The van der Waals surface area contributed by atoms with Crippen LogP contribution < -0.4 is 0 Å². The van der Waals surface area contributed by atoms with E-state index >= 15 is 0 Å². The Kier molecular flexibility index (Phi) is 6.21. The molecule has 6 heterocycles. The fourth-order valence-corrected chi connectivity index (χ4v) is 15.7. The number of fused-ring (bicyclic) bond motifs is 14. The summed E-state index contributed by atoms with van der Waals surface area (Å²) < 4.78 is 5.29. The van der Waals surface area contributed by atoms with Crippen molar-refractivity contribution in [3.05, 3.63) is 106 Å². The molecule has 7 aliphatic rings. The molecule has 62 heavy (non-hydrogen) atoms. The van der Waals surface area contributed by atoms with Gasteiger partial charge in [0.15, 0.2) is 0 Å². The van der Waals surface area contributed by atoms with Gasteiger partial charge in [-0.1, -0.05) is 52.3 Å². The highest BCUT2D eigenvalue weighted by Gasteiger charge is 2.50. The number of aryl methyl sites for hydroxylation is 3. The van der Waals surface area contributed by atoms with Crippen LogP contribution in [0.4, 0.5) is 0 Å². The molecule has 4 aromatic carbocycles. The van der Waals surface area contributed by atoms with Gasteiger partial charge in [-0.25, -0.2) is 0 Å². The van der Waals surface area contributed by atoms with E-state index in [0.29, 0.717) is 11.8 Å². The topological polar surface area (TPSA) is 34.6 Å². The number of hydrogen-bond donors (Lipinski definition) is 0. The summed E-state index contributed by atoms with van der Waals surface area (Å²) in [4.78, 5) is 11.0. The minimum absolute atomic E-state index is 0.0126. The summed E-state index contributed by atoms with van der Waals surface area (Å²) >= 11 is 0. The van der Waals surface area contributed by atoms with Crippen LogP contribution in [0.1, 0.15) is 149 Å². The number of hydrogen-bond acceptors (Lipinski definition) is 2. The lowest BCUT2D eigenvalue weighted by Crippen LogP contribution is -2.45. The van der Waals surface area contributed by atoms with Gasteiger partial charge in [-0.2, -0.15) is 0 Å². The van der Waals surface area contributed by atoms with Crippen molar-refractivity contribution < 1.29 is 0 Å². The molecule has 4 heteroatoms. The van der Waals surface area contributed by atoms with Gasteiger partial charge >= 0.3 is 0 Å². The summed E-state index contributed by atoms with van der Waals surface area (Å²) in [7, 11) is 0. The van der Waals surface area contributed by atoms with Crippen LogP contribution >= 0.6 is 0 Å². The van der Waals surface area contributed by atoms with Crippen LogP contribution in [-0.4, -0.2) is 18.8 Å². The highest BCUT2D eigenvalue weighted by Crippen LogP contribution is 2.60. The summed E-state index contributed by atoms with van der Waals surface area (Å²) in [6.07, 6.45) is 16.3. The molecule has 2 unspecified atom stereocenters. The first-order valence-electron chi connectivity index (χ1n) is 24.1. The number of rotatable bonds is 1. The van der Waals surface area contributed by atoms with Crippen LogP contribution in [0, 0.1) is 32.6 Å². The van der Waals surface area contributed by atoms with Crippen LogP contribution in [-0.2, 0) is 16.2 Å². The molecule has 0 saturated heterocycles. The minimum atomic E-state index is 0.0126. The monoisotopic (exact) mass is 808 g/mol. The predicted molar refractivity (Wildman–Crippen MR) is 258 cm³/mol. The van der Waals surface area contributed by atoms with Crippen LogP contribution in [0.3, 0.4) is 0 Å². The van der Waals surface area contributed by atoms with Crippen molar-refractivity contribution in [2.45, 2.75) is 141 Å². The third-order valence-corrected chi connectivity index (χ3v) is 18.4. The smallest absolute Gasteiger partial charge is 0.0728 e. The van der Waals surface area contributed by atoms with Gasteiger partial charge in [-0.15, -0.1) is 0 Å². The highest BCUT2D eigenvalue weighted by molar-refractivity contribution is 6.30. The predicted octanol–water partition coefficient (Wildman–Crippen LogP) is 15.2. The van der Waals surface area contributed by atoms with E-state index in [1.165, 1.54) is 179 Å². The molecule has 17 rings (SSSR count). The first-order valence-corrected chi connectivity index (χ1v) is 24.1. The van der Waals surface area contributed by atoms with Gasteiger partial charge in [-0.3, -0.25) is 9.97 Å². The molecule has 0 N–H and O–H groups in total. The van der Waals surface area contributed by atoms with Crippen molar-refractivity contribution in [2.24, 2.45) is 11.8 Å². The first-order chi connectivity index (χ1) is 29.8. The van der Waals surface area contributed by atoms with Crippen molar-refractivity contribution >= 4 is 76.2 Å². The average molecular weight is 809 g/mol. The Bertz CT molecular complexity index is 3650. The van der Waals surface area contributed by atoms with Gasteiger partial charge in [0.05, 0.1) is 51.2 Å². The molecule has 2 atom stereocenters. The Morgan fingerprint density at radius 2 is 1.11 bits per heavy atom. The zero-order valence-electron chi connectivity index (χ0n) is 37.7.